The van der Waals surface area contributed by atoms with Crippen molar-refractivity contribution < 1.29 is 9.32 Å². The molecule has 1 fully saturated rings. The van der Waals surface area contributed by atoms with E-state index in [1.54, 1.807) is 4.90 Å². The van der Waals surface area contributed by atoms with Crippen LogP contribution in [0.4, 0.5) is 0 Å². The van der Waals surface area contributed by atoms with E-state index in [0.717, 1.165) is 36.0 Å². The summed E-state index contributed by atoms with van der Waals surface area (Å²) >= 11 is 3.45. The van der Waals surface area contributed by atoms with Gasteiger partial charge in [-0.3, -0.25) is 9.69 Å². The Balaban J connectivity index is 1.65. The monoisotopic (exact) mass is 392 g/mol. The average Bonchev–Trinajstić information content (AvgIpc) is 3.03. The van der Waals surface area contributed by atoms with Crippen molar-refractivity contribution in [3.8, 4) is 11.4 Å². The molecule has 2 aromatic rings. The van der Waals surface area contributed by atoms with E-state index in [9.17, 15) is 4.79 Å². The third-order valence-corrected chi connectivity index (χ3v) is 4.70. The van der Waals surface area contributed by atoms with Gasteiger partial charge in [-0.25, -0.2) is 0 Å². The fourth-order valence-corrected chi connectivity index (χ4v) is 3.42. The van der Waals surface area contributed by atoms with Crippen molar-refractivity contribution in [3.63, 3.8) is 0 Å². The van der Waals surface area contributed by atoms with Crippen LogP contribution in [-0.2, 0) is 11.3 Å². The van der Waals surface area contributed by atoms with Gasteiger partial charge in [-0.15, -0.1) is 0 Å². The zero-order chi connectivity index (χ0) is 17.1. The third kappa shape index (κ3) is 4.02. The van der Waals surface area contributed by atoms with Crippen LogP contribution in [0.5, 0.6) is 0 Å². The Labute approximate surface area is 150 Å². The highest BCUT2D eigenvalue weighted by atomic mass is 79.9. The summed E-state index contributed by atoms with van der Waals surface area (Å²) in [5.41, 5.74) is 0.915. The van der Waals surface area contributed by atoms with Crippen LogP contribution in [0.2, 0.25) is 0 Å². The largest absolute Gasteiger partial charge is 0.349 e. The predicted molar refractivity (Wildman–Crippen MR) is 94.1 cm³/mol. The molecular formula is C17H21BrN4O2. The fraction of sp³-hybridized carbons (Fsp3) is 0.471. The lowest BCUT2D eigenvalue weighted by Crippen LogP contribution is -2.42. The van der Waals surface area contributed by atoms with Crippen LogP contribution >= 0.6 is 15.9 Å². The molecule has 24 heavy (non-hydrogen) atoms. The van der Waals surface area contributed by atoms with Crippen molar-refractivity contribution in [2.75, 3.05) is 27.2 Å². The predicted octanol–water partition coefficient (Wildman–Crippen LogP) is 2.80. The van der Waals surface area contributed by atoms with Gasteiger partial charge < -0.3 is 9.42 Å². The third-order valence-electron chi connectivity index (χ3n) is 4.21. The minimum absolute atomic E-state index is 0.0567. The standard InChI is InChI=1S/C17H21BrN4O2/c1-21(2)17(23)13-6-4-8-22(10-13)11-15-19-16(20-24-15)12-5-3-7-14(18)9-12/h3,5,7,9,13H,4,6,8,10-11H2,1-2H3. The van der Waals surface area contributed by atoms with E-state index in [0.29, 0.717) is 18.3 Å². The Hall–Kier alpha value is -1.73. The number of hydrogen-bond acceptors (Lipinski definition) is 5. The molecular weight excluding hydrogens is 372 g/mol. The Morgan fingerprint density at radius 1 is 1.46 bits per heavy atom. The lowest BCUT2D eigenvalue weighted by Gasteiger charge is -2.32. The summed E-state index contributed by atoms with van der Waals surface area (Å²) in [6, 6.07) is 7.81. The molecule has 3 rings (SSSR count). The second kappa shape index (κ2) is 7.44. The molecule has 1 atom stereocenters. The number of benzene rings is 1. The number of nitrogens with zero attached hydrogens (tertiary/aromatic N) is 4. The number of amides is 1. The van der Waals surface area contributed by atoms with Gasteiger partial charge in [0.15, 0.2) is 0 Å². The second-order valence-corrected chi connectivity index (χ2v) is 7.24. The van der Waals surface area contributed by atoms with Gasteiger partial charge in [-0.1, -0.05) is 33.2 Å². The smallest absolute Gasteiger partial charge is 0.241 e. The summed E-state index contributed by atoms with van der Waals surface area (Å²) in [5, 5.41) is 4.07. The number of carbonyl (C=O) groups is 1. The quantitative estimate of drug-likeness (QED) is 0.800. The molecule has 1 saturated heterocycles. The number of likely N-dealkylation sites (tertiary alicyclic amines) is 1. The highest BCUT2D eigenvalue weighted by Gasteiger charge is 2.27. The van der Waals surface area contributed by atoms with Crippen LogP contribution in [-0.4, -0.2) is 53.0 Å². The van der Waals surface area contributed by atoms with Gasteiger partial charge in [0.1, 0.15) is 0 Å². The molecule has 1 aromatic heterocycles. The number of halogens is 1. The van der Waals surface area contributed by atoms with Crippen LogP contribution in [0.15, 0.2) is 33.3 Å². The minimum atomic E-state index is 0.0567. The van der Waals surface area contributed by atoms with Crippen LogP contribution in [0, 0.1) is 5.92 Å². The minimum Gasteiger partial charge on any atom is -0.349 e. The summed E-state index contributed by atoms with van der Waals surface area (Å²) < 4.78 is 6.37. The number of rotatable bonds is 4. The highest BCUT2D eigenvalue weighted by Crippen LogP contribution is 2.22. The van der Waals surface area contributed by atoms with Crippen molar-refractivity contribution >= 4 is 21.8 Å². The van der Waals surface area contributed by atoms with E-state index in [4.69, 9.17) is 4.52 Å². The molecule has 7 heteroatoms. The number of carbonyl (C=O) groups excluding carboxylic acids is 1. The molecule has 2 heterocycles. The second-order valence-electron chi connectivity index (χ2n) is 6.33. The molecule has 128 valence electrons. The van der Waals surface area contributed by atoms with E-state index < -0.39 is 0 Å². The van der Waals surface area contributed by atoms with E-state index in [1.807, 2.05) is 38.4 Å². The van der Waals surface area contributed by atoms with Crippen LogP contribution < -0.4 is 0 Å². The summed E-state index contributed by atoms with van der Waals surface area (Å²) in [6.07, 6.45) is 1.96. The molecule has 0 spiro atoms. The Bertz CT molecular complexity index is 716. The van der Waals surface area contributed by atoms with Crippen molar-refractivity contribution in [2.24, 2.45) is 5.92 Å². The van der Waals surface area contributed by atoms with Gasteiger partial charge >= 0.3 is 0 Å². The first-order valence-electron chi connectivity index (χ1n) is 8.05. The molecule has 1 aromatic carbocycles. The van der Waals surface area contributed by atoms with Crippen molar-refractivity contribution in [1.82, 2.24) is 19.9 Å². The van der Waals surface area contributed by atoms with Crippen molar-refractivity contribution in [1.29, 1.82) is 0 Å². The highest BCUT2D eigenvalue weighted by molar-refractivity contribution is 9.10. The molecule has 1 unspecified atom stereocenters. The molecule has 0 N–H and O–H groups in total. The molecule has 0 radical (unpaired) electrons. The van der Waals surface area contributed by atoms with Gasteiger partial charge in [0.2, 0.25) is 17.6 Å². The molecule has 6 nitrogen and oxygen atoms in total. The lowest BCUT2D eigenvalue weighted by atomic mass is 9.97. The van der Waals surface area contributed by atoms with Gasteiger partial charge in [0, 0.05) is 30.7 Å². The van der Waals surface area contributed by atoms with Gasteiger partial charge in [0.25, 0.3) is 0 Å². The van der Waals surface area contributed by atoms with Crippen molar-refractivity contribution in [3.05, 3.63) is 34.6 Å². The Kier molecular flexibility index (Phi) is 5.30. The molecule has 0 bridgehead atoms. The first-order chi connectivity index (χ1) is 11.5. The van der Waals surface area contributed by atoms with E-state index in [2.05, 4.69) is 31.0 Å². The SMILES string of the molecule is CN(C)C(=O)C1CCCN(Cc2nc(-c3cccc(Br)c3)no2)C1. The fourth-order valence-electron chi connectivity index (χ4n) is 3.02. The van der Waals surface area contributed by atoms with Gasteiger partial charge in [0.05, 0.1) is 12.5 Å². The number of aromatic nitrogens is 2. The maximum atomic E-state index is 12.2. The van der Waals surface area contributed by atoms with E-state index in [1.165, 1.54) is 0 Å². The lowest BCUT2D eigenvalue weighted by molar-refractivity contribution is -0.134. The Morgan fingerprint density at radius 3 is 3.04 bits per heavy atom. The first kappa shape index (κ1) is 17.1. The van der Waals surface area contributed by atoms with Crippen molar-refractivity contribution in [2.45, 2.75) is 19.4 Å². The molecule has 1 aliphatic rings. The van der Waals surface area contributed by atoms with Gasteiger partial charge in [-0.2, -0.15) is 4.98 Å². The Morgan fingerprint density at radius 2 is 2.29 bits per heavy atom. The van der Waals surface area contributed by atoms with E-state index in [-0.39, 0.29) is 11.8 Å². The summed E-state index contributed by atoms with van der Waals surface area (Å²) in [4.78, 5) is 20.5. The summed E-state index contributed by atoms with van der Waals surface area (Å²) in [7, 11) is 3.62. The summed E-state index contributed by atoms with van der Waals surface area (Å²) in [5.74, 6) is 1.42. The zero-order valence-corrected chi connectivity index (χ0v) is 15.5. The van der Waals surface area contributed by atoms with Crippen LogP contribution in [0.3, 0.4) is 0 Å². The molecule has 0 saturated carbocycles. The topological polar surface area (TPSA) is 62.5 Å². The number of piperidine rings is 1. The molecule has 0 aliphatic carbocycles. The summed E-state index contributed by atoms with van der Waals surface area (Å²) in [6.45, 7) is 2.27. The number of hydrogen-bond donors (Lipinski definition) is 0. The van der Waals surface area contributed by atoms with Crippen LogP contribution in [0.1, 0.15) is 18.7 Å². The first-order valence-corrected chi connectivity index (χ1v) is 8.84. The average molecular weight is 393 g/mol. The van der Waals surface area contributed by atoms with Gasteiger partial charge in [-0.05, 0) is 31.5 Å². The molecule has 1 aliphatic heterocycles. The maximum absolute atomic E-state index is 12.2. The molecule has 1 amide bonds. The zero-order valence-electron chi connectivity index (χ0n) is 13.9. The van der Waals surface area contributed by atoms with Crippen LogP contribution in [0.25, 0.3) is 11.4 Å². The van der Waals surface area contributed by atoms with E-state index >= 15 is 0 Å². The maximum Gasteiger partial charge on any atom is 0.241 e. The normalized spacial score (nSPS) is 18.5.